The van der Waals surface area contributed by atoms with E-state index in [9.17, 15) is 9.00 Å². The first-order valence-corrected chi connectivity index (χ1v) is 4.08. The third-order valence-electron chi connectivity index (χ3n) is 1.29. The van der Waals surface area contributed by atoms with Crippen LogP contribution in [-0.4, -0.2) is 11.5 Å². The summed E-state index contributed by atoms with van der Waals surface area (Å²) in [5, 5.41) is 0. The van der Waals surface area contributed by atoms with Crippen LogP contribution in [0.2, 0.25) is 0 Å². The molecule has 2 nitrogen and oxygen atoms in total. The fourth-order valence-electron chi connectivity index (χ4n) is 0.761. The van der Waals surface area contributed by atoms with E-state index in [-0.39, 0.29) is 11.5 Å². The van der Waals surface area contributed by atoms with E-state index in [1.54, 1.807) is 24.3 Å². The predicted octanol–water partition coefficient (Wildman–Crippen LogP) is 1.30. The number of hydrogen-bond donors (Lipinski definition) is 0. The molecule has 0 aliphatic carbocycles. The van der Waals surface area contributed by atoms with Crippen LogP contribution in [0.5, 0.6) is 0 Å². The molecule has 1 aromatic carbocycles. The van der Waals surface area contributed by atoms with Crippen LogP contribution in [0.15, 0.2) is 30.3 Å². The van der Waals surface area contributed by atoms with Crippen LogP contribution in [0.1, 0.15) is 10.4 Å². The molecule has 0 amide bonds. The van der Waals surface area contributed by atoms with Crippen molar-refractivity contribution in [3.05, 3.63) is 35.9 Å². The Hall–Kier alpha value is -1.09. The molecular weight excluding hydrogens is 160 g/mol. The van der Waals surface area contributed by atoms with Crippen molar-refractivity contribution in [2.24, 2.45) is 0 Å². The van der Waals surface area contributed by atoms with Crippen molar-refractivity contribution in [1.82, 2.24) is 0 Å². The molecule has 56 valence electrons. The lowest BCUT2D eigenvalue weighted by atomic mass is 10.2. The van der Waals surface area contributed by atoms with E-state index >= 15 is 0 Å². The van der Waals surface area contributed by atoms with E-state index in [1.807, 2.05) is 6.07 Å². The minimum absolute atomic E-state index is 0.0179. The maximum Gasteiger partial charge on any atom is 0.467 e. The molecule has 1 aromatic rings. The maximum atomic E-state index is 11.0. The Balaban J connectivity index is 2.77. The minimum Gasteiger partial charge on any atom is -0.288 e. The number of carbonyl (C=O) groups is 1. The van der Waals surface area contributed by atoms with Gasteiger partial charge in [-0.05, 0) is 0 Å². The summed E-state index contributed by atoms with van der Waals surface area (Å²) in [7, 11) is 0. The van der Waals surface area contributed by atoms with E-state index in [1.165, 1.54) is 0 Å². The zero-order valence-corrected chi connectivity index (χ0v) is 6.64. The number of carbonyl (C=O) groups excluding carboxylic acids is 1. The van der Waals surface area contributed by atoms with Gasteiger partial charge in [-0.1, -0.05) is 30.3 Å². The summed E-state index contributed by atoms with van der Waals surface area (Å²) in [6, 6.07) is 8.81. The number of rotatable bonds is 3. The molecule has 0 atom stereocenters. The summed E-state index contributed by atoms with van der Waals surface area (Å²) >= 11 is 0.305. The third kappa shape index (κ3) is 2.20. The SMILES string of the molecule is O=[S+]CC(=O)c1ccccc1. The quantitative estimate of drug-likeness (QED) is 0.502. The van der Waals surface area contributed by atoms with E-state index in [4.69, 9.17) is 0 Å². The van der Waals surface area contributed by atoms with Crippen molar-refractivity contribution in [3.8, 4) is 0 Å². The first-order valence-electron chi connectivity index (χ1n) is 3.17. The van der Waals surface area contributed by atoms with Gasteiger partial charge in [0.15, 0.2) is 0 Å². The average molecular weight is 167 g/mol. The fraction of sp³-hybridized carbons (Fsp3) is 0.125. The normalized spacial score (nSPS) is 9.09. The molecule has 0 saturated carbocycles. The molecule has 0 bridgehead atoms. The lowest BCUT2D eigenvalue weighted by Crippen LogP contribution is -2.02. The molecule has 3 heteroatoms. The maximum absolute atomic E-state index is 11.0. The Kier molecular flexibility index (Phi) is 2.86. The Morgan fingerprint density at radius 3 is 2.45 bits per heavy atom. The van der Waals surface area contributed by atoms with Crippen LogP contribution < -0.4 is 0 Å². The van der Waals surface area contributed by atoms with Gasteiger partial charge in [-0.15, -0.1) is 0 Å². The van der Waals surface area contributed by atoms with Gasteiger partial charge in [-0.3, -0.25) is 4.79 Å². The van der Waals surface area contributed by atoms with E-state index in [0.29, 0.717) is 17.2 Å². The van der Waals surface area contributed by atoms with Gasteiger partial charge in [0.25, 0.3) is 5.75 Å². The van der Waals surface area contributed by atoms with E-state index in [2.05, 4.69) is 0 Å². The Morgan fingerprint density at radius 1 is 1.27 bits per heavy atom. The van der Waals surface area contributed by atoms with Crippen molar-refractivity contribution in [2.45, 2.75) is 0 Å². The van der Waals surface area contributed by atoms with Crippen molar-refractivity contribution in [2.75, 3.05) is 5.75 Å². The molecule has 0 spiro atoms. The molecule has 0 unspecified atom stereocenters. The molecule has 0 aliphatic heterocycles. The number of benzene rings is 1. The lowest BCUT2D eigenvalue weighted by Gasteiger charge is -1.89. The second-order valence-electron chi connectivity index (χ2n) is 2.05. The van der Waals surface area contributed by atoms with Crippen molar-refractivity contribution in [3.63, 3.8) is 0 Å². The highest BCUT2D eigenvalue weighted by molar-refractivity contribution is 7.66. The standard InChI is InChI=1S/C8H7O2S/c9-8(6-11-10)7-4-2-1-3-5-7/h1-5H,6H2/q+1. The summed E-state index contributed by atoms with van der Waals surface area (Å²) in [6.07, 6.45) is 0. The zero-order chi connectivity index (χ0) is 8.10. The topological polar surface area (TPSA) is 34.1 Å². The van der Waals surface area contributed by atoms with Crippen LogP contribution in [-0.2, 0) is 15.9 Å². The largest absolute Gasteiger partial charge is 0.467 e. The highest BCUT2D eigenvalue weighted by Crippen LogP contribution is 1.98. The van der Waals surface area contributed by atoms with Gasteiger partial charge in [0.2, 0.25) is 5.78 Å². The molecule has 0 saturated heterocycles. The van der Waals surface area contributed by atoms with Gasteiger partial charge < -0.3 is 0 Å². The molecule has 0 heterocycles. The summed E-state index contributed by atoms with van der Waals surface area (Å²) < 4.78 is 10.0. The zero-order valence-electron chi connectivity index (χ0n) is 5.82. The van der Waals surface area contributed by atoms with Crippen LogP contribution in [0.25, 0.3) is 0 Å². The van der Waals surface area contributed by atoms with Gasteiger partial charge in [-0.25, -0.2) is 0 Å². The molecule has 0 radical (unpaired) electrons. The average Bonchev–Trinajstić information content (AvgIpc) is 2.07. The minimum atomic E-state index is -0.106. The predicted molar refractivity (Wildman–Crippen MR) is 43.7 cm³/mol. The summed E-state index contributed by atoms with van der Waals surface area (Å²) in [5.74, 6) is -0.0881. The van der Waals surface area contributed by atoms with Gasteiger partial charge in [0.05, 0.1) is 0 Å². The van der Waals surface area contributed by atoms with Crippen molar-refractivity contribution < 1.29 is 9.00 Å². The van der Waals surface area contributed by atoms with Crippen molar-refractivity contribution in [1.29, 1.82) is 0 Å². The summed E-state index contributed by atoms with van der Waals surface area (Å²) in [4.78, 5) is 11.0. The Labute approximate surface area is 68.7 Å². The van der Waals surface area contributed by atoms with Gasteiger partial charge in [-0.2, -0.15) is 0 Å². The Morgan fingerprint density at radius 2 is 1.91 bits per heavy atom. The molecule has 0 fully saturated rings. The van der Waals surface area contributed by atoms with Crippen LogP contribution in [0.4, 0.5) is 0 Å². The molecular formula is C8H7O2S+. The van der Waals surface area contributed by atoms with Gasteiger partial charge >= 0.3 is 11.7 Å². The second-order valence-corrected chi connectivity index (χ2v) is 2.58. The second kappa shape index (κ2) is 3.93. The number of hydrogen-bond acceptors (Lipinski definition) is 2. The highest BCUT2D eigenvalue weighted by atomic mass is 32.1. The van der Waals surface area contributed by atoms with E-state index in [0.717, 1.165) is 0 Å². The molecule has 11 heavy (non-hydrogen) atoms. The molecule has 0 aromatic heterocycles. The lowest BCUT2D eigenvalue weighted by molar-refractivity contribution is 0.102. The van der Waals surface area contributed by atoms with Crippen LogP contribution in [0.3, 0.4) is 0 Å². The van der Waals surface area contributed by atoms with Crippen molar-refractivity contribution >= 4 is 17.4 Å². The highest BCUT2D eigenvalue weighted by Gasteiger charge is 2.11. The van der Waals surface area contributed by atoms with Gasteiger partial charge in [0, 0.05) is 9.77 Å². The molecule has 0 aliphatic rings. The first kappa shape index (κ1) is 8.01. The van der Waals surface area contributed by atoms with Gasteiger partial charge in [0.1, 0.15) is 0 Å². The molecule has 0 N–H and O–H groups in total. The first-order chi connectivity index (χ1) is 5.34. The van der Waals surface area contributed by atoms with Crippen LogP contribution >= 0.6 is 0 Å². The third-order valence-corrected chi connectivity index (χ3v) is 1.67. The summed E-state index contributed by atoms with van der Waals surface area (Å²) in [6.45, 7) is 0. The fourth-order valence-corrected chi connectivity index (χ4v) is 1.03. The monoisotopic (exact) mass is 167 g/mol. The number of Topliss-reactive ketones (excluding diaryl/α,β-unsaturated/α-hetero) is 1. The molecule has 1 rings (SSSR count). The smallest absolute Gasteiger partial charge is 0.288 e. The van der Waals surface area contributed by atoms with E-state index < -0.39 is 0 Å². The number of ketones is 1. The Bertz CT molecular complexity index is 256. The summed E-state index contributed by atoms with van der Waals surface area (Å²) in [5.41, 5.74) is 0.607. The van der Waals surface area contributed by atoms with Crippen LogP contribution in [0, 0.1) is 0 Å².